The lowest BCUT2D eigenvalue weighted by Crippen LogP contribution is -2.26. The van der Waals surface area contributed by atoms with Crippen molar-refractivity contribution in [2.24, 2.45) is 0 Å². The summed E-state index contributed by atoms with van der Waals surface area (Å²) in [5.74, 6) is 2.14. The summed E-state index contributed by atoms with van der Waals surface area (Å²) in [6.45, 7) is 1.02. The van der Waals surface area contributed by atoms with Gasteiger partial charge < -0.3 is 14.6 Å². The van der Waals surface area contributed by atoms with E-state index in [-0.39, 0.29) is 6.04 Å². The second kappa shape index (κ2) is 5.40. The van der Waals surface area contributed by atoms with Gasteiger partial charge in [-0.05, 0) is 43.7 Å². The number of hydrogen-bond acceptors (Lipinski definition) is 5. The van der Waals surface area contributed by atoms with Crippen molar-refractivity contribution in [2.75, 3.05) is 13.7 Å². The van der Waals surface area contributed by atoms with E-state index in [9.17, 15) is 0 Å². The zero-order valence-electron chi connectivity index (χ0n) is 10.9. The Morgan fingerprint density at radius 2 is 2.11 bits per heavy atom. The van der Waals surface area contributed by atoms with E-state index in [0.717, 1.165) is 24.3 Å². The quantitative estimate of drug-likeness (QED) is 0.918. The minimum atomic E-state index is 0.202. The molecule has 0 saturated carbocycles. The molecule has 5 nitrogen and oxygen atoms in total. The van der Waals surface area contributed by atoms with Crippen molar-refractivity contribution < 1.29 is 9.26 Å². The summed E-state index contributed by atoms with van der Waals surface area (Å²) >= 11 is 0. The van der Waals surface area contributed by atoms with Crippen LogP contribution in [0, 0.1) is 0 Å². The van der Waals surface area contributed by atoms with Crippen LogP contribution in [0.5, 0.6) is 5.75 Å². The maximum absolute atomic E-state index is 5.36. The molecule has 0 bridgehead atoms. The number of benzene rings is 1. The normalized spacial score (nSPS) is 19.3. The van der Waals surface area contributed by atoms with Crippen LogP contribution in [0.3, 0.4) is 0 Å². The third-order valence-electron chi connectivity index (χ3n) is 3.40. The number of hydrogen-bond donors (Lipinski definition) is 1. The highest BCUT2D eigenvalue weighted by Gasteiger charge is 2.21. The Labute approximate surface area is 112 Å². The van der Waals surface area contributed by atoms with Crippen molar-refractivity contribution >= 4 is 0 Å². The first-order valence-electron chi connectivity index (χ1n) is 6.58. The molecular formula is C14H17N3O2. The van der Waals surface area contributed by atoms with Crippen LogP contribution in [0.4, 0.5) is 0 Å². The predicted molar refractivity (Wildman–Crippen MR) is 70.9 cm³/mol. The van der Waals surface area contributed by atoms with E-state index in [1.807, 2.05) is 24.3 Å². The Kier molecular flexibility index (Phi) is 3.46. The van der Waals surface area contributed by atoms with E-state index >= 15 is 0 Å². The summed E-state index contributed by atoms with van der Waals surface area (Å²) < 4.78 is 10.5. The van der Waals surface area contributed by atoms with Gasteiger partial charge in [-0.25, -0.2) is 0 Å². The zero-order valence-corrected chi connectivity index (χ0v) is 10.9. The molecule has 0 aliphatic carbocycles. The Bertz CT molecular complexity index is 530. The Morgan fingerprint density at radius 3 is 2.79 bits per heavy atom. The highest BCUT2D eigenvalue weighted by atomic mass is 16.5. The molecule has 1 aromatic heterocycles. The molecule has 1 N–H and O–H groups in total. The minimum absolute atomic E-state index is 0.202. The van der Waals surface area contributed by atoms with Gasteiger partial charge in [0.05, 0.1) is 13.2 Å². The molecule has 0 spiro atoms. The zero-order chi connectivity index (χ0) is 13.1. The number of nitrogens with zero attached hydrogens (tertiary/aromatic N) is 2. The average Bonchev–Trinajstić information content (AvgIpc) is 2.98. The SMILES string of the molecule is COc1ccc(-c2noc([C@H]3CCCCN3)n2)cc1. The van der Waals surface area contributed by atoms with E-state index < -0.39 is 0 Å². The molecule has 1 atom stereocenters. The molecule has 100 valence electrons. The second-order valence-electron chi connectivity index (χ2n) is 4.69. The molecule has 1 fully saturated rings. The average molecular weight is 259 g/mol. The smallest absolute Gasteiger partial charge is 0.244 e. The van der Waals surface area contributed by atoms with E-state index in [4.69, 9.17) is 9.26 Å². The highest BCUT2D eigenvalue weighted by molar-refractivity contribution is 5.55. The van der Waals surface area contributed by atoms with Gasteiger partial charge in [0.1, 0.15) is 5.75 Å². The first-order chi connectivity index (χ1) is 9.36. The van der Waals surface area contributed by atoms with Gasteiger partial charge in [-0.15, -0.1) is 0 Å². The molecule has 1 aliphatic heterocycles. The van der Waals surface area contributed by atoms with Crippen LogP contribution in [-0.2, 0) is 0 Å². The summed E-state index contributed by atoms with van der Waals surface area (Å²) in [5.41, 5.74) is 0.937. The van der Waals surface area contributed by atoms with Gasteiger partial charge in [0.2, 0.25) is 11.7 Å². The summed E-state index contributed by atoms with van der Waals surface area (Å²) in [6.07, 6.45) is 3.48. The fourth-order valence-corrected chi connectivity index (χ4v) is 2.30. The summed E-state index contributed by atoms with van der Waals surface area (Å²) in [5, 5.41) is 7.45. The maximum atomic E-state index is 5.36. The molecule has 1 saturated heterocycles. The number of nitrogens with one attached hydrogen (secondary N) is 1. The van der Waals surface area contributed by atoms with E-state index in [0.29, 0.717) is 11.7 Å². The third-order valence-corrected chi connectivity index (χ3v) is 3.40. The van der Waals surface area contributed by atoms with Crippen LogP contribution in [0.1, 0.15) is 31.2 Å². The number of ether oxygens (including phenoxy) is 1. The first kappa shape index (κ1) is 12.2. The minimum Gasteiger partial charge on any atom is -0.497 e. The maximum Gasteiger partial charge on any atom is 0.244 e. The molecular weight excluding hydrogens is 242 g/mol. The second-order valence-corrected chi connectivity index (χ2v) is 4.69. The summed E-state index contributed by atoms with van der Waals surface area (Å²) in [7, 11) is 1.65. The lowest BCUT2D eigenvalue weighted by atomic mass is 10.1. The van der Waals surface area contributed by atoms with Crippen molar-refractivity contribution in [3.05, 3.63) is 30.2 Å². The Hall–Kier alpha value is -1.88. The van der Waals surface area contributed by atoms with Crippen molar-refractivity contribution in [2.45, 2.75) is 25.3 Å². The van der Waals surface area contributed by atoms with E-state index in [2.05, 4.69) is 15.5 Å². The van der Waals surface area contributed by atoms with Crippen molar-refractivity contribution in [1.29, 1.82) is 0 Å². The van der Waals surface area contributed by atoms with Gasteiger partial charge >= 0.3 is 0 Å². The molecule has 19 heavy (non-hydrogen) atoms. The van der Waals surface area contributed by atoms with Gasteiger partial charge in [0.15, 0.2) is 0 Å². The van der Waals surface area contributed by atoms with E-state index in [1.165, 1.54) is 12.8 Å². The molecule has 0 unspecified atom stereocenters. The molecule has 1 aliphatic rings. The van der Waals surface area contributed by atoms with Crippen molar-refractivity contribution in [1.82, 2.24) is 15.5 Å². The summed E-state index contributed by atoms with van der Waals surface area (Å²) in [4.78, 5) is 4.48. The van der Waals surface area contributed by atoms with Crippen molar-refractivity contribution in [3.63, 3.8) is 0 Å². The lowest BCUT2D eigenvalue weighted by molar-refractivity contribution is 0.297. The van der Waals surface area contributed by atoms with Crippen LogP contribution >= 0.6 is 0 Å². The van der Waals surface area contributed by atoms with Crippen LogP contribution in [0.15, 0.2) is 28.8 Å². The molecule has 3 rings (SSSR count). The van der Waals surface area contributed by atoms with Crippen molar-refractivity contribution in [3.8, 4) is 17.1 Å². The number of rotatable bonds is 3. The Balaban J connectivity index is 1.79. The van der Waals surface area contributed by atoms with Gasteiger partial charge in [0.25, 0.3) is 0 Å². The number of piperidine rings is 1. The van der Waals surface area contributed by atoms with Crippen LogP contribution in [0.2, 0.25) is 0 Å². The van der Waals surface area contributed by atoms with Gasteiger partial charge in [-0.2, -0.15) is 4.98 Å². The largest absolute Gasteiger partial charge is 0.497 e. The summed E-state index contributed by atoms with van der Waals surface area (Å²) in [6, 6.07) is 7.85. The lowest BCUT2D eigenvalue weighted by Gasteiger charge is -2.19. The first-order valence-corrected chi connectivity index (χ1v) is 6.58. The molecule has 0 radical (unpaired) electrons. The van der Waals surface area contributed by atoms with Crippen LogP contribution in [0.25, 0.3) is 11.4 Å². The standard InChI is InChI=1S/C14H17N3O2/c1-18-11-7-5-10(6-8-11)13-16-14(19-17-13)12-4-2-3-9-15-12/h5-8,12,15H,2-4,9H2,1H3/t12-/m1/s1. The van der Waals surface area contributed by atoms with Crippen LogP contribution < -0.4 is 10.1 Å². The van der Waals surface area contributed by atoms with Gasteiger partial charge in [-0.1, -0.05) is 11.6 Å². The monoisotopic (exact) mass is 259 g/mol. The third kappa shape index (κ3) is 2.61. The fourth-order valence-electron chi connectivity index (χ4n) is 2.30. The van der Waals surface area contributed by atoms with E-state index in [1.54, 1.807) is 7.11 Å². The topological polar surface area (TPSA) is 60.2 Å². The van der Waals surface area contributed by atoms with Gasteiger partial charge in [-0.3, -0.25) is 0 Å². The van der Waals surface area contributed by atoms with Crippen LogP contribution in [-0.4, -0.2) is 23.8 Å². The molecule has 1 aromatic carbocycles. The number of methoxy groups -OCH3 is 1. The predicted octanol–water partition coefficient (Wildman–Crippen LogP) is 2.56. The molecule has 2 aromatic rings. The highest BCUT2D eigenvalue weighted by Crippen LogP contribution is 2.25. The number of aromatic nitrogens is 2. The Morgan fingerprint density at radius 1 is 1.26 bits per heavy atom. The fraction of sp³-hybridized carbons (Fsp3) is 0.429. The molecule has 0 amide bonds. The molecule has 2 heterocycles. The van der Waals surface area contributed by atoms with Gasteiger partial charge in [0, 0.05) is 5.56 Å². The molecule has 5 heteroatoms.